The Bertz CT molecular complexity index is 169. The first-order chi connectivity index (χ1) is 7.21. The van der Waals surface area contributed by atoms with Crippen LogP contribution in [0.4, 0.5) is 0 Å². The molecule has 2 saturated carbocycles. The fraction of sp³-hybridized carbons (Fsp3) is 1.00. The summed E-state index contributed by atoms with van der Waals surface area (Å²) in [7, 11) is 0. The van der Waals surface area contributed by atoms with Crippen LogP contribution in [-0.4, -0.2) is 4.08 Å². The lowest BCUT2D eigenvalue weighted by Crippen LogP contribution is -2.37. The van der Waals surface area contributed by atoms with E-state index in [4.69, 9.17) is 25.3 Å². The summed E-state index contributed by atoms with van der Waals surface area (Å²) in [6.07, 6.45) is 13.9. The second-order valence-electron chi connectivity index (χ2n) is 5.45. The highest BCUT2D eigenvalue weighted by Gasteiger charge is 2.39. The van der Waals surface area contributed by atoms with Crippen molar-refractivity contribution >= 4 is 25.3 Å². The molecule has 2 fully saturated rings. The van der Waals surface area contributed by atoms with Crippen molar-refractivity contribution in [3.63, 3.8) is 0 Å². The molecule has 2 rings (SSSR count). The molecule has 2 aliphatic carbocycles. The maximum atomic E-state index is 4.94. The van der Waals surface area contributed by atoms with E-state index in [1.54, 1.807) is 0 Å². The summed E-state index contributed by atoms with van der Waals surface area (Å²) in [5, 5.41) is 0. The van der Waals surface area contributed by atoms with E-state index in [-0.39, 0.29) is 4.08 Å². The second kappa shape index (κ2) is 5.35. The van der Waals surface area contributed by atoms with Gasteiger partial charge in [0.25, 0.3) is 0 Å². The third-order valence-corrected chi connectivity index (χ3v) is 5.87. The van der Waals surface area contributed by atoms with Gasteiger partial charge in [0.05, 0.1) is 4.08 Å². The molecule has 0 nitrogen and oxygen atoms in total. The first-order valence-electron chi connectivity index (χ1n) is 6.66. The molecular weight excluding hydrogens is 220 g/mol. The van der Waals surface area contributed by atoms with Gasteiger partial charge in [0.2, 0.25) is 0 Å². The van der Waals surface area contributed by atoms with E-state index < -0.39 is 0 Å². The van der Waals surface area contributed by atoms with Crippen LogP contribution in [0, 0.1) is 11.8 Å². The molecule has 0 bridgehead atoms. The van der Waals surface area contributed by atoms with Crippen molar-refractivity contribution in [2.75, 3.05) is 0 Å². The van der Waals surface area contributed by atoms with Crippen molar-refractivity contribution in [1.29, 1.82) is 0 Å². The van der Waals surface area contributed by atoms with Crippen LogP contribution in [0.1, 0.15) is 64.2 Å². The molecule has 0 saturated heterocycles. The summed E-state index contributed by atoms with van der Waals surface area (Å²) < 4.78 is 0.0286. The largest absolute Gasteiger partial charge is 0.161 e. The van der Waals surface area contributed by atoms with E-state index in [2.05, 4.69) is 0 Å². The zero-order valence-electron chi connectivity index (χ0n) is 9.62. The minimum Gasteiger partial charge on any atom is -0.161 e. The molecule has 88 valence electrons. The third kappa shape index (κ3) is 2.88. The lowest BCUT2D eigenvalue weighted by Gasteiger charge is -2.42. The van der Waals surface area contributed by atoms with Crippen molar-refractivity contribution in [3.8, 4) is 0 Å². The first-order valence-corrected chi connectivity index (χ1v) is 7.55. The van der Waals surface area contributed by atoms with E-state index in [1.165, 1.54) is 64.2 Å². The highest BCUT2D eigenvalue weighted by Crippen LogP contribution is 2.48. The molecule has 0 atom stereocenters. The Balaban J connectivity index is 1.96. The highest BCUT2D eigenvalue weighted by atomic mass is 32.2. The van der Waals surface area contributed by atoms with Gasteiger partial charge in [-0.25, -0.2) is 0 Å². The average molecular weight is 244 g/mol. The smallest absolute Gasteiger partial charge is 0.0607 e. The van der Waals surface area contributed by atoms with E-state index >= 15 is 0 Å². The van der Waals surface area contributed by atoms with Crippen LogP contribution >= 0.6 is 25.3 Å². The molecular formula is C13H24S2. The van der Waals surface area contributed by atoms with Crippen LogP contribution in [0.25, 0.3) is 0 Å². The minimum atomic E-state index is 0.0286. The predicted molar refractivity (Wildman–Crippen MR) is 73.9 cm³/mol. The lowest BCUT2D eigenvalue weighted by molar-refractivity contribution is 0.238. The summed E-state index contributed by atoms with van der Waals surface area (Å²) in [5.41, 5.74) is 0. The fourth-order valence-corrected chi connectivity index (χ4v) is 4.42. The van der Waals surface area contributed by atoms with Gasteiger partial charge in [-0.05, 0) is 37.5 Å². The Morgan fingerprint density at radius 1 is 0.600 bits per heavy atom. The summed E-state index contributed by atoms with van der Waals surface area (Å²) in [5.74, 6) is 1.53. The number of hydrogen-bond acceptors (Lipinski definition) is 2. The molecule has 0 heterocycles. The van der Waals surface area contributed by atoms with Crippen LogP contribution < -0.4 is 0 Å². The molecule has 0 aliphatic heterocycles. The van der Waals surface area contributed by atoms with Gasteiger partial charge >= 0.3 is 0 Å². The highest BCUT2D eigenvalue weighted by molar-refractivity contribution is 8.00. The zero-order valence-corrected chi connectivity index (χ0v) is 11.4. The Morgan fingerprint density at radius 3 is 1.27 bits per heavy atom. The normalized spacial score (nSPS) is 26.8. The Kier molecular flexibility index (Phi) is 4.34. The molecule has 0 N–H and O–H groups in total. The molecule has 0 spiro atoms. The number of rotatable bonds is 2. The Hall–Kier alpha value is 0.700. The quantitative estimate of drug-likeness (QED) is 0.510. The van der Waals surface area contributed by atoms with E-state index in [0.717, 1.165) is 11.8 Å². The Morgan fingerprint density at radius 2 is 0.933 bits per heavy atom. The van der Waals surface area contributed by atoms with Gasteiger partial charge in [-0.15, -0.1) is 0 Å². The van der Waals surface area contributed by atoms with Crippen LogP contribution in [0.5, 0.6) is 0 Å². The maximum absolute atomic E-state index is 4.94. The number of thiol groups is 2. The van der Waals surface area contributed by atoms with Gasteiger partial charge in [-0.3, -0.25) is 0 Å². The van der Waals surface area contributed by atoms with Gasteiger partial charge in [-0.1, -0.05) is 38.5 Å². The average Bonchev–Trinajstić information content (AvgIpc) is 2.31. The lowest BCUT2D eigenvalue weighted by atomic mass is 9.76. The first kappa shape index (κ1) is 12.2. The molecule has 0 radical (unpaired) electrons. The third-order valence-electron chi connectivity index (χ3n) is 4.41. The second-order valence-corrected chi connectivity index (χ2v) is 7.29. The van der Waals surface area contributed by atoms with Crippen LogP contribution in [-0.2, 0) is 0 Å². The Labute approximate surface area is 105 Å². The van der Waals surface area contributed by atoms with Crippen LogP contribution in [0.3, 0.4) is 0 Å². The van der Waals surface area contributed by atoms with Gasteiger partial charge in [-0.2, -0.15) is 25.3 Å². The monoisotopic (exact) mass is 244 g/mol. The van der Waals surface area contributed by atoms with Crippen molar-refractivity contribution in [2.24, 2.45) is 11.8 Å². The minimum absolute atomic E-state index is 0.0286. The molecule has 0 amide bonds. The van der Waals surface area contributed by atoms with Gasteiger partial charge in [0.15, 0.2) is 0 Å². The molecule has 0 unspecified atom stereocenters. The van der Waals surface area contributed by atoms with Crippen molar-refractivity contribution in [1.82, 2.24) is 0 Å². The molecule has 2 aliphatic rings. The van der Waals surface area contributed by atoms with E-state index in [9.17, 15) is 0 Å². The molecule has 0 aromatic heterocycles. The van der Waals surface area contributed by atoms with Crippen molar-refractivity contribution in [3.05, 3.63) is 0 Å². The van der Waals surface area contributed by atoms with Crippen LogP contribution in [0.15, 0.2) is 0 Å². The number of hydrogen-bond donors (Lipinski definition) is 2. The maximum Gasteiger partial charge on any atom is 0.0607 e. The summed E-state index contributed by atoms with van der Waals surface area (Å²) >= 11 is 9.87. The molecule has 0 aromatic rings. The van der Waals surface area contributed by atoms with E-state index in [0.29, 0.717) is 0 Å². The summed E-state index contributed by atoms with van der Waals surface area (Å²) in [4.78, 5) is 0. The fourth-order valence-electron chi connectivity index (χ4n) is 3.39. The topological polar surface area (TPSA) is 0 Å². The van der Waals surface area contributed by atoms with Gasteiger partial charge < -0.3 is 0 Å². The van der Waals surface area contributed by atoms with Gasteiger partial charge in [0.1, 0.15) is 0 Å². The predicted octanol–water partition coefficient (Wildman–Crippen LogP) is 4.70. The van der Waals surface area contributed by atoms with Gasteiger partial charge in [0, 0.05) is 0 Å². The summed E-state index contributed by atoms with van der Waals surface area (Å²) in [6, 6.07) is 0. The standard InChI is InChI=1S/C13H24S2/c14-13(15,11-7-3-1-4-8-11)12-9-5-2-6-10-12/h11-12,14-15H,1-10H2. The van der Waals surface area contributed by atoms with Crippen molar-refractivity contribution in [2.45, 2.75) is 68.3 Å². The molecule has 15 heavy (non-hydrogen) atoms. The molecule has 2 heteroatoms. The van der Waals surface area contributed by atoms with Crippen LogP contribution in [0.2, 0.25) is 0 Å². The summed E-state index contributed by atoms with van der Waals surface area (Å²) in [6.45, 7) is 0. The van der Waals surface area contributed by atoms with Crippen molar-refractivity contribution < 1.29 is 0 Å². The zero-order chi connectivity index (χ0) is 10.7. The van der Waals surface area contributed by atoms with E-state index in [1.807, 2.05) is 0 Å². The SMILES string of the molecule is SC(S)(C1CCCCC1)C1CCCCC1. The molecule has 0 aromatic carbocycles.